The van der Waals surface area contributed by atoms with Crippen LogP contribution in [0.1, 0.15) is 60.9 Å². The lowest BCUT2D eigenvalue weighted by Crippen LogP contribution is -2.32. The van der Waals surface area contributed by atoms with Crippen molar-refractivity contribution in [3.63, 3.8) is 0 Å². The van der Waals surface area contributed by atoms with Gasteiger partial charge in [0.1, 0.15) is 5.78 Å². The molecule has 0 bridgehead atoms. The minimum absolute atomic E-state index is 0.0295. The van der Waals surface area contributed by atoms with Crippen molar-refractivity contribution >= 4 is 34.0 Å². The van der Waals surface area contributed by atoms with Crippen LogP contribution >= 0.6 is 11.6 Å². The number of ketones is 1. The number of aryl methyl sites for hydroxylation is 2. The summed E-state index contributed by atoms with van der Waals surface area (Å²) in [5, 5.41) is 1.48. The maximum Gasteiger partial charge on any atom is 0.272 e. The van der Waals surface area contributed by atoms with Gasteiger partial charge in [-0.05, 0) is 49.3 Å². The molecule has 0 spiro atoms. The molecule has 1 fully saturated rings. The maximum absolute atomic E-state index is 14.3. The molecule has 1 saturated heterocycles. The summed E-state index contributed by atoms with van der Waals surface area (Å²) in [7, 11) is 1.81. The third kappa shape index (κ3) is 5.16. The third-order valence-electron chi connectivity index (χ3n) is 7.29. The van der Waals surface area contributed by atoms with Crippen LogP contribution in [0.5, 0.6) is 0 Å². The van der Waals surface area contributed by atoms with Crippen molar-refractivity contribution < 1.29 is 13.6 Å². The van der Waals surface area contributed by atoms with Crippen molar-refractivity contribution in [2.45, 2.75) is 52.4 Å². The zero-order valence-electron chi connectivity index (χ0n) is 20.9. The highest BCUT2D eigenvalue weighted by molar-refractivity contribution is 6.33. The molecule has 0 amide bonds. The molecule has 2 heterocycles. The van der Waals surface area contributed by atoms with E-state index in [1.807, 2.05) is 32.3 Å². The van der Waals surface area contributed by atoms with Crippen molar-refractivity contribution in [3.8, 4) is 0 Å². The van der Waals surface area contributed by atoms with Gasteiger partial charge < -0.3 is 14.3 Å². The molecule has 0 atom stereocenters. The number of hydrogen-bond donors (Lipinski definition) is 0. The van der Waals surface area contributed by atoms with Crippen LogP contribution in [0, 0.1) is 12.8 Å². The molecule has 3 nitrogen and oxygen atoms in total. The highest BCUT2D eigenvalue weighted by atomic mass is 35.5. The number of likely N-dealkylation sites (tertiary alicyclic amines) is 1. The molecule has 0 N–H and O–H groups in total. The molecule has 0 radical (unpaired) electrons. The topological polar surface area (TPSA) is 25.2 Å². The highest BCUT2D eigenvalue weighted by Gasteiger charge is 2.29. The molecule has 0 saturated carbocycles. The third-order valence-corrected chi connectivity index (χ3v) is 7.72. The van der Waals surface area contributed by atoms with Crippen LogP contribution in [-0.4, -0.2) is 28.3 Å². The van der Waals surface area contributed by atoms with E-state index in [9.17, 15) is 13.6 Å². The number of rotatable bonds is 7. The number of para-hydroxylation sites is 1. The zero-order chi connectivity index (χ0) is 25.5. The van der Waals surface area contributed by atoms with E-state index < -0.39 is 5.92 Å². The molecule has 6 heteroatoms. The van der Waals surface area contributed by atoms with Gasteiger partial charge in [0.05, 0.1) is 10.5 Å². The Labute approximate surface area is 211 Å². The molecule has 1 aliphatic rings. The summed E-state index contributed by atoms with van der Waals surface area (Å²) in [6.45, 7) is 10.7. The number of fused-ring (bicyclic) bond motifs is 1. The van der Waals surface area contributed by atoms with Gasteiger partial charge in [-0.1, -0.05) is 48.5 Å². The van der Waals surface area contributed by atoms with Gasteiger partial charge in [0.25, 0.3) is 5.92 Å². The predicted molar refractivity (Wildman–Crippen MR) is 140 cm³/mol. The second-order valence-electron chi connectivity index (χ2n) is 10.0. The molecule has 35 heavy (non-hydrogen) atoms. The largest absolute Gasteiger partial charge is 0.371 e. The number of hydrogen-bond acceptors (Lipinski definition) is 2. The summed E-state index contributed by atoms with van der Waals surface area (Å²) in [5.74, 6) is -2.24. The number of carbonyl (C=O) groups is 1. The van der Waals surface area contributed by atoms with Gasteiger partial charge in [-0.3, -0.25) is 0 Å². The van der Waals surface area contributed by atoms with Crippen LogP contribution in [0.15, 0.2) is 43.1 Å². The number of nitrogens with zero attached hydrogens (tertiary/aromatic N) is 2. The molecular formula is C29H33ClF2N2O. The first kappa shape index (κ1) is 25.4. The average Bonchev–Trinajstić information content (AvgIpc) is 3.11. The van der Waals surface area contributed by atoms with E-state index in [0.717, 1.165) is 66.2 Å². The van der Waals surface area contributed by atoms with Gasteiger partial charge in [0.15, 0.2) is 0 Å². The van der Waals surface area contributed by atoms with E-state index in [-0.39, 0.29) is 11.3 Å². The van der Waals surface area contributed by atoms with Crippen LogP contribution in [0.4, 0.5) is 8.78 Å². The van der Waals surface area contributed by atoms with Crippen LogP contribution < -0.4 is 0 Å². The van der Waals surface area contributed by atoms with Crippen LogP contribution in [0.25, 0.3) is 16.6 Å². The molecule has 186 valence electrons. The smallest absolute Gasteiger partial charge is 0.272 e. The predicted octanol–water partition coefficient (Wildman–Crippen LogP) is 7.50. The number of benzene rings is 2. The Morgan fingerprint density at radius 1 is 1.20 bits per heavy atom. The second-order valence-corrected chi connectivity index (χ2v) is 10.4. The normalized spacial score (nSPS) is 15.1. The van der Waals surface area contributed by atoms with Gasteiger partial charge in [-0.15, -0.1) is 0 Å². The zero-order valence-corrected chi connectivity index (χ0v) is 21.7. The van der Waals surface area contributed by atoms with Gasteiger partial charge in [0.2, 0.25) is 0 Å². The summed E-state index contributed by atoms with van der Waals surface area (Å²) in [5.41, 5.74) is 5.38. The van der Waals surface area contributed by atoms with Gasteiger partial charge in [-0.2, -0.15) is 0 Å². The Balaban J connectivity index is 1.63. The van der Waals surface area contributed by atoms with Gasteiger partial charge in [0, 0.05) is 68.3 Å². The van der Waals surface area contributed by atoms with Crippen LogP contribution in [0.2, 0.25) is 5.02 Å². The van der Waals surface area contributed by atoms with Crippen molar-refractivity contribution in [1.82, 2.24) is 9.47 Å². The average molecular weight is 499 g/mol. The fourth-order valence-corrected chi connectivity index (χ4v) is 5.77. The number of alkyl halides is 2. The lowest BCUT2D eigenvalue weighted by atomic mass is 9.91. The maximum atomic E-state index is 14.3. The van der Waals surface area contributed by atoms with E-state index in [2.05, 4.69) is 17.5 Å². The summed E-state index contributed by atoms with van der Waals surface area (Å²) >= 11 is 6.98. The summed E-state index contributed by atoms with van der Waals surface area (Å²) in [4.78, 5) is 13.7. The van der Waals surface area contributed by atoms with E-state index >= 15 is 0 Å². The molecule has 4 rings (SSSR count). The standard InChI is InChI=1S/C29H33ClF2N2O/c1-18-9-10-23(20(3)34-13-11-21(12-14-34)15-19(2)35)27(30)25(18)16-22-17-33(5)28-24(22)7-6-8-26(28)29(4,31)32/h6-10,17,21H,3,11-16H2,1-2,4-5H3. The molecule has 1 aromatic heterocycles. The minimum atomic E-state index is -2.92. The van der Waals surface area contributed by atoms with Crippen LogP contribution in [0.3, 0.4) is 0 Å². The van der Waals surface area contributed by atoms with E-state index in [0.29, 0.717) is 29.3 Å². The monoisotopic (exact) mass is 498 g/mol. The van der Waals surface area contributed by atoms with Crippen molar-refractivity contribution in [3.05, 3.63) is 75.9 Å². The molecule has 0 aliphatic carbocycles. The summed E-state index contributed by atoms with van der Waals surface area (Å²) < 4.78 is 30.3. The lowest BCUT2D eigenvalue weighted by molar-refractivity contribution is -0.118. The lowest BCUT2D eigenvalue weighted by Gasteiger charge is -2.35. The number of piperidine rings is 1. The molecule has 0 unspecified atom stereocenters. The number of carbonyl (C=O) groups excluding carboxylic acids is 1. The fourth-order valence-electron chi connectivity index (χ4n) is 5.38. The minimum Gasteiger partial charge on any atom is -0.371 e. The van der Waals surface area contributed by atoms with E-state index in [4.69, 9.17) is 11.6 Å². The van der Waals surface area contributed by atoms with Gasteiger partial charge in [-0.25, -0.2) is 8.78 Å². The van der Waals surface area contributed by atoms with Crippen LogP contribution in [-0.2, 0) is 24.2 Å². The number of aromatic nitrogens is 1. The molecule has 3 aromatic rings. The van der Waals surface area contributed by atoms with E-state index in [1.165, 1.54) is 6.07 Å². The quantitative estimate of drug-likeness (QED) is 0.337. The first-order chi connectivity index (χ1) is 16.5. The Bertz CT molecular complexity index is 1280. The SMILES string of the molecule is C=C(c1ccc(C)c(Cc2cn(C)c3c(C(C)(F)F)cccc23)c1Cl)N1CCC(CC(C)=O)CC1. The second kappa shape index (κ2) is 9.77. The van der Waals surface area contributed by atoms with Crippen molar-refractivity contribution in [2.24, 2.45) is 13.0 Å². The molecule has 2 aromatic carbocycles. The first-order valence-electron chi connectivity index (χ1n) is 12.1. The number of halogens is 3. The summed E-state index contributed by atoms with van der Waals surface area (Å²) in [6.07, 6.45) is 5.05. The Morgan fingerprint density at radius 2 is 1.89 bits per heavy atom. The fraction of sp³-hybridized carbons (Fsp3) is 0.414. The van der Waals surface area contributed by atoms with E-state index in [1.54, 1.807) is 17.6 Å². The van der Waals surface area contributed by atoms with Crippen molar-refractivity contribution in [1.29, 1.82) is 0 Å². The van der Waals surface area contributed by atoms with Gasteiger partial charge >= 0.3 is 0 Å². The van der Waals surface area contributed by atoms with Crippen molar-refractivity contribution in [2.75, 3.05) is 13.1 Å². The Kier molecular flexibility index (Phi) is 7.10. The Morgan fingerprint density at radius 3 is 2.51 bits per heavy atom. The first-order valence-corrected chi connectivity index (χ1v) is 12.5. The Hall–Kier alpha value is -2.66. The summed E-state index contributed by atoms with van der Waals surface area (Å²) in [6, 6.07) is 9.16. The molecule has 1 aliphatic heterocycles. The molecular weight excluding hydrogens is 466 g/mol. The highest BCUT2D eigenvalue weighted by Crippen LogP contribution is 2.38. The number of Topliss-reactive ketones (excluding diaryl/α,β-unsaturated/α-hetero) is 1.